The van der Waals surface area contributed by atoms with Gasteiger partial charge in [-0.15, -0.1) is 0 Å². The number of nitrogens with zero attached hydrogens (tertiary/aromatic N) is 1. The van der Waals surface area contributed by atoms with Crippen molar-refractivity contribution >= 4 is 0 Å². The number of para-hydroxylation sites is 1. The highest BCUT2D eigenvalue weighted by atomic mass is 16.5. The van der Waals surface area contributed by atoms with Gasteiger partial charge in [0.05, 0.1) is 0 Å². The highest BCUT2D eigenvalue weighted by molar-refractivity contribution is 5.74. The molecule has 2 nitrogen and oxygen atoms in total. The van der Waals surface area contributed by atoms with Crippen molar-refractivity contribution in [1.29, 1.82) is 0 Å². The van der Waals surface area contributed by atoms with Crippen LogP contribution in [0.5, 0.6) is 11.6 Å². The van der Waals surface area contributed by atoms with Crippen LogP contribution in [0.25, 0.3) is 11.1 Å². The molecule has 0 spiro atoms. The molecule has 1 unspecified atom stereocenters. The van der Waals surface area contributed by atoms with E-state index in [-0.39, 0.29) is 5.92 Å². The van der Waals surface area contributed by atoms with Crippen molar-refractivity contribution in [3.8, 4) is 22.8 Å². The summed E-state index contributed by atoms with van der Waals surface area (Å²) >= 11 is 0. The van der Waals surface area contributed by atoms with Gasteiger partial charge in [0.1, 0.15) is 5.75 Å². The first kappa shape index (κ1) is 16.8. The van der Waals surface area contributed by atoms with Gasteiger partial charge in [-0.3, -0.25) is 0 Å². The lowest BCUT2D eigenvalue weighted by Crippen LogP contribution is -2.14. The van der Waals surface area contributed by atoms with Crippen LogP contribution in [-0.4, -0.2) is 4.98 Å². The molecule has 3 aromatic carbocycles. The molecule has 0 radical (unpaired) electrons. The van der Waals surface area contributed by atoms with Crippen molar-refractivity contribution in [2.75, 3.05) is 0 Å². The molecule has 4 aromatic rings. The van der Waals surface area contributed by atoms with Gasteiger partial charge in [0, 0.05) is 23.2 Å². The lowest BCUT2D eigenvalue weighted by atomic mass is 9.80. The maximum Gasteiger partial charge on any atom is 0.224 e. The predicted octanol–water partition coefficient (Wildman–Crippen LogP) is 6.65. The molecule has 0 saturated carbocycles. The number of hydrogen-bond donors (Lipinski definition) is 0. The van der Waals surface area contributed by atoms with Gasteiger partial charge >= 0.3 is 0 Å². The minimum atomic E-state index is 0.0885. The Kier molecular flexibility index (Phi) is 3.98. The van der Waals surface area contributed by atoms with Gasteiger partial charge in [-0.1, -0.05) is 77.9 Å². The third kappa shape index (κ3) is 2.78. The largest absolute Gasteiger partial charge is 0.438 e. The average Bonchev–Trinajstić information content (AvgIpc) is 2.73. The molecule has 0 amide bonds. The fraction of sp³-hybridized carbons (Fsp3) is 0.115. The van der Waals surface area contributed by atoms with Crippen molar-refractivity contribution in [2.24, 2.45) is 0 Å². The summed E-state index contributed by atoms with van der Waals surface area (Å²) in [6.45, 7) is 4.23. The van der Waals surface area contributed by atoms with Crippen LogP contribution >= 0.6 is 0 Å². The van der Waals surface area contributed by atoms with Crippen molar-refractivity contribution in [3.05, 3.63) is 113 Å². The van der Waals surface area contributed by atoms with E-state index in [2.05, 4.69) is 85.6 Å². The zero-order valence-corrected chi connectivity index (χ0v) is 16.0. The molecule has 1 aliphatic rings. The van der Waals surface area contributed by atoms with Crippen LogP contribution in [-0.2, 0) is 0 Å². The Morgan fingerprint density at radius 1 is 0.750 bits per heavy atom. The fourth-order valence-electron chi connectivity index (χ4n) is 3.98. The Bertz CT molecular complexity index is 1140. The Morgan fingerprint density at radius 2 is 1.43 bits per heavy atom. The number of benzene rings is 3. The molecule has 0 saturated heterocycles. The van der Waals surface area contributed by atoms with Crippen LogP contribution in [0.3, 0.4) is 0 Å². The molecule has 1 atom stereocenters. The van der Waals surface area contributed by atoms with E-state index in [0.717, 1.165) is 11.3 Å². The minimum Gasteiger partial charge on any atom is -0.438 e. The average molecular weight is 363 g/mol. The fourth-order valence-corrected chi connectivity index (χ4v) is 3.98. The molecule has 136 valence electrons. The minimum absolute atomic E-state index is 0.0885. The second-order valence-electron chi connectivity index (χ2n) is 7.43. The summed E-state index contributed by atoms with van der Waals surface area (Å²) in [7, 11) is 0. The lowest BCUT2D eigenvalue weighted by Gasteiger charge is -2.30. The van der Waals surface area contributed by atoms with Crippen molar-refractivity contribution in [3.63, 3.8) is 0 Å². The van der Waals surface area contributed by atoms with Gasteiger partial charge < -0.3 is 4.74 Å². The van der Waals surface area contributed by atoms with E-state index in [0.29, 0.717) is 5.88 Å². The van der Waals surface area contributed by atoms with Crippen LogP contribution in [0.1, 0.15) is 33.7 Å². The highest BCUT2D eigenvalue weighted by Crippen LogP contribution is 2.49. The Balaban J connectivity index is 1.77. The topological polar surface area (TPSA) is 22.1 Å². The first-order chi connectivity index (χ1) is 13.7. The summed E-state index contributed by atoms with van der Waals surface area (Å²) in [6, 6.07) is 27.8. The summed E-state index contributed by atoms with van der Waals surface area (Å²) < 4.78 is 6.23. The molecule has 28 heavy (non-hydrogen) atoms. The van der Waals surface area contributed by atoms with Crippen molar-refractivity contribution < 1.29 is 4.74 Å². The molecule has 1 aromatic heterocycles. The smallest absolute Gasteiger partial charge is 0.224 e. The summed E-state index contributed by atoms with van der Waals surface area (Å²) in [6.07, 6.45) is 1.84. The number of aryl methyl sites for hydroxylation is 2. The van der Waals surface area contributed by atoms with E-state index in [1.54, 1.807) is 0 Å². The third-order valence-electron chi connectivity index (χ3n) is 5.45. The first-order valence-corrected chi connectivity index (χ1v) is 9.60. The summed E-state index contributed by atoms with van der Waals surface area (Å²) in [5, 5.41) is 0. The van der Waals surface area contributed by atoms with Gasteiger partial charge in [-0.25, -0.2) is 4.98 Å². The number of aromatic nitrogens is 1. The molecule has 2 heteroatoms. The van der Waals surface area contributed by atoms with Crippen molar-refractivity contribution in [1.82, 2.24) is 4.98 Å². The highest BCUT2D eigenvalue weighted by Gasteiger charge is 2.31. The Hall–Kier alpha value is -3.39. The van der Waals surface area contributed by atoms with Gasteiger partial charge in [-0.05, 0) is 42.7 Å². The summed E-state index contributed by atoms with van der Waals surface area (Å²) in [4.78, 5) is 4.59. The molecule has 5 rings (SSSR count). The quantitative estimate of drug-likeness (QED) is 0.350. The molecule has 0 fully saturated rings. The zero-order valence-electron chi connectivity index (χ0n) is 16.0. The maximum absolute atomic E-state index is 6.23. The molecule has 0 N–H and O–H groups in total. The van der Waals surface area contributed by atoms with Gasteiger partial charge in [0.2, 0.25) is 5.88 Å². The molecule has 1 aliphatic heterocycles. The van der Waals surface area contributed by atoms with Crippen LogP contribution in [0.2, 0.25) is 0 Å². The van der Waals surface area contributed by atoms with E-state index in [4.69, 9.17) is 4.74 Å². The van der Waals surface area contributed by atoms with Crippen LogP contribution < -0.4 is 4.74 Å². The second kappa shape index (κ2) is 6.65. The van der Waals surface area contributed by atoms with Crippen molar-refractivity contribution in [2.45, 2.75) is 19.8 Å². The van der Waals surface area contributed by atoms with E-state index in [1.807, 2.05) is 18.3 Å². The van der Waals surface area contributed by atoms with E-state index in [9.17, 15) is 0 Å². The summed E-state index contributed by atoms with van der Waals surface area (Å²) in [5.41, 5.74) is 8.44. The SMILES string of the molecule is Cc1ccc(-c2ccnc3c2C(c2ccc(C)cc2)c2ccccc2O3)cc1. The predicted molar refractivity (Wildman–Crippen MR) is 113 cm³/mol. The Morgan fingerprint density at radius 3 is 2.18 bits per heavy atom. The van der Waals surface area contributed by atoms with Gasteiger partial charge in [0.15, 0.2) is 0 Å². The van der Waals surface area contributed by atoms with Crippen LogP contribution in [0, 0.1) is 13.8 Å². The third-order valence-corrected chi connectivity index (χ3v) is 5.45. The molecular formula is C26H21NO. The number of fused-ring (bicyclic) bond motifs is 2. The van der Waals surface area contributed by atoms with E-state index < -0.39 is 0 Å². The first-order valence-electron chi connectivity index (χ1n) is 9.60. The number of hydrogen-bond acceptors (Lipinski definition) is 2. The summed E-state index contributed by atoms with van der Waals surface area (Å²) in [5.74, 6) is 1.67. The van der Waals surface area contributed by atoms with Crippen LogP contribution in [0.4, 0.5) is 0 Å². The van der Waals surface area contributed by atoms with Gasteiger partial charge in [0.25, 0.3) is 0 Å². The monoisotopic (exact) mass is 363 g/mol. The van der Waals surface area contributed by atoms with E-state index >= 15 is 0 Å². The Labute approximate surface area is 165 Å². The number of ether oxygens (including phenoxy) is 1. The zero-order chi connectivity index (χ0) is 19.1. The maximum atomic E-state index is 6.23. The molecule has 0 aliphatic carbocycles. The van der Waals surface area contributed by atoms with Gasteiger partial charge in [-0.2, -0.15) is 0 Å². The second-order valence-corrected chi connectivity index (χ2v) is 7.43. The number of pyridine rings is 1. The standard InChI is InChI=1S/C26H21NO/c1-17-7-11-19(12-8-17)21-15-16-27-26-25(21)24(20-13-9-18(2)10-14-20)22-5-3-4-6-23(22)28-26/h3-16,24H,1-2H3. The lowest BCUT2D eigenvalue weighted by molar-refractivity contribution is 0.434. The normalized spacial score (nSPS) is 14.7. The molecule has 2 heterocycles. The van der Waals surface area contributed by atoms with Crippen LogP contribution in [0.15, 0.2) is 85.1 Å². The molecular weight excluding hydrogens is 342 g/mol. The van der Waals surface area contributed by atoms with E-state index in [1.165, 1.54) is 33.4 Å². The number of rotatable bonds is 2. The molecule has 0 bridgehead atoms.